The monoisotopic (exact) mass is 282 g/mol. The van der Waals surface area contributed by atoms with Crippen LogP contribution in [0.15, 0.2) is 0 Å². The fourth-order valence-electron chi connectivity index (χ4n) is 3.37. The van der Waals surface area contributed by atoms with E-state index in [2.05, 4.69) is 0 Å². The SMILES string of the molecule is CC1(C)CC(=O)N(C2(C(N)=S)CCCCC2)C(=O)C1. The van der Waals surface area contributed by atoms with Gasteiger partial charge in [0.2, 0.25) is 11.8 Å². The quantitative estimate of drug-likeness (QED) is 0.622. The third-order valence-corrected chi connectivity index (χ3v) is 4.71. The summed E-state index contributed by atoms with van der Waals surface area (Å²) >= 11 is 5.20. The maximum Gasteiger partial charge on any atom is 0.230 e. The molecule has 2 rings (SSSR count). The third kappa shape index (κ3) is 2.53. The zero-order valence-corrected chi connectivity index (χ0v) is 12.5. The molecule has 4 nitrogen and oxygen atoms in total. The summed E-state index contributed by atoms with van der Waals surface area (Å²) in [5.41, 5.74) is 4.96. The second-order valence-electron chi connectivity index (χ2n) is 6.60. The zero-order valence-electron chi connectivity index (χ0n) is 11.7. The van der Waals surface area contributed by atoms with E-state index in [1.807, 2.05) is 13.8 Å². The molecular formula is C14H22N2O2S. The molecule has 2 fully saturated rings. The van der Waals surface area contributed by atoms with Gasteiger partial charge in [0, 0.05) is 12.8 Å². The van der Waals surface area contributed by atoms with Crippen LogP contribution in [0.2, 0.25) is 0 Å². The Labute approximate surface area is 119 Å². The first kappa shape index (κ1) is 14.4. The molecule has 19 heavy (non-hydrogen) atoms. The summed E-state index contributed by atoms with van der Waals surface area (Å²) in [5, 5.41) is 0. The molecule has 1 aliphatic heterocycles. The van der Waals surface area contributed by atoms with Crippen LogP contribution in [0.3, 0.4) is 0 Å². The Bertz CT molecular complexity index is 405. The number of carbonyl (C=O) groups is 2. The minimum absolute atomic E-state index is 0.115. The maximum atomic E-state index is 12.4. The van der Waals surface area contributed by atoms with Gasteiger partial charge >= 0.3 is 0 Å². The normalized spacial score (nSPS) is 26.3. The Hall–Kier alpha value is -0.970. The van der Waals surface area contributed by atoms with E-state index in [0.717, 1.165) is 32.1 Å². The number of nitrogens with two attached hydrogens (primary N) is 1. The minimum Gasteiger partial charge on any atom is -0.391 e. The van der Waals surface area contributed by atoms with Crippen molar-refractivity contribution in [1.29, 1.82) is 0 Å². The molecule has 5 heteroatoms. The lowest BCUT2D eigenvalue weighted by atomic mass is 9.75. The fraction of sp³-hybridized carbons (Fsp3) is 0.786. The second kappa shape index (κ2) is 4.85. The predicted molar refractivity (Wildman–Crippen MR) is 77.5 cm³/mol. The van der Waals surface area contributed by atoms with Crippen LogP contribution in [0.25, 0.3) is 0 Å². The average Bonchev–Trinajstić information content (AvgIpc) is 2.27. The highest BCUT2D eigenvalue weighted by atomic mass is 32.1. The molecule has 0 bridgehead atoms. The van der Waals surface area contributed by atoms with Crippen molar-refractivity contribution in [2.45, 2.75) is 64.3 Å². The van der Waals surface area contributed by atoms with Gasteiger partial charge in [0.25, 0.3) is 0 Å². The molecule has 106 valence electrons. The Morgan fingerprint density at radius 3 is 2.00 bits per heavy atom. The molecule has 0 atom stereocenters. The minimum atomic E-state index is -0.696. The van der Waals surface area contributed by atoms with Crippen LogP contribution >= 0.6 is 12.2 Å². The van der Waals surface area contributed by atoms with Crippen molar-refractivity contribution in [3.05, 3.63) is 0 Å². The number of piperidine rings is 1. The van der Waals surface area contributed by atoms with Gasteiger partial charge in [0.1, 0.15) is 5.54 Å². The molecule has 1 saturated carbocycles. The van der Waals surface area contributed by atoms with Gasteiger partial charge in [-0.1, -0.05) is 45.3 Å². The van der Waals surface area contributed by atoms with Crippen molar-refractivity contribution in [1.82, 2.24) is 4.90 Å². The molecule has 1 aliphatic carbocycles. The number of hydrogen-bond acceptors (Lipinski definition) is 3. The van der Waals surface area contributed by atoms with Crippen LogP contribution < -0.4 is 5.73 Å². The van der Waals surface area contributed by atoms with Gasteiger partial charge in [-0.05, 0) is 18.3 Å². The smallest absolute Gasteiger partial charge is 0.230 e. The lowest BCUT2D eigenvalue weighted by molar-refractivity contribution is -0.158. The van der Waals surface area contributed by atoms with Crippen molar-refractivity contribution >= 4 is 29.0 Å². The van der Waals surface area contributed by atoms with E-state index in [4.69, 9.17) is 18.0 Å². The summed E-state index contributed by atoms with van der Waals surface area (Å²) in [7, 11) is 0. The van der Waals surface area contributed by atoms with E-state index in [9.17, 15) is 9.59 Å². The summed E-state index contributed by atoms with van der Waals surface area (Å²) in [6.07, 6.45) is 5.29. The number of rotatable bonds is 2. The molecule has 2 amide bonds. The van der Waals surface area contributed by atoms with Crippen LogP contribution in [-0.2, 0) is 9.59 Å². The van der Waals surface area contributed by atoms with Crippen molar-refractivity contribution in [2.24, 2.45) is 11.1 Å². The van der Waals surface area contributed by atoms with Gasteiger partial charge in [0.05, 0.1) is 4.99 Å². The van der Waals surface area contributed by atoms with Crippen molar-refractivity contribution < 1.29 is 9.59 Å². The number of nitrogens with zero attached hydrogens (tertiary/aromatic N) is 1. The zero-order chi connectivity index (χ0) is 14.3. The maximum absolute atomic E-state index is 12.4. The lowest BCUT2D eigenvalue weighted by Gasteiger charge is -2.48. The third-order valence-electron chi connectivity index (χ3n) is 4.33. The van der Waals surface area contributed by atoms with Crippen molar-refractivity contribution in [3.63, 3.8) is 0 Å². The number of amides is 2. The molecular weight excluding hydrogens is 260 g/mol. The molecule has 0 unspecified atom stereocenters. The Morgan fingerprint density at radius 2 is 1.58 bits per heavy atom. The average molecular weight is 282 g/mol. The van der Waals surface area contributed by atoms with E-state index in [-0.39, 0.29) is 17.2 Å². The molecule has 0 radical (unpaired) electrons. The van der Waals surface area contributed by atoms with Gasteiger partial charge in [-0.2, -0.15) is 0 Å². The van der Waals surface area contributed by atoms with Crippen LogP contribution in [0.1, 0.15) is 58.8 Å². The first-order valence-electron chi connectivity index (χ1n) is 6.94. The summed E-state index contributed by atoms with van der Waals surface area (Å²) < 4.78 is 0. The first-order chi connectivity index (χ1) is 8.78. The van der Waals surface area contributed by atoms with Gasteiger partial charge in [-0.15, -0.1) is 0 Å². The van der Waals surface area contributed by atoms with Crippen LogP contribution in [-0.4, -0.2) is 27.2 Å². The number of thiocarbonyl (C=S) groups is 1. The highest BCUT2D eigenvalue weighted by Crippen LogP contribution is 2.40. The standard InChI is InChI=1S/C14H22N2O2S/c1-13(2)8-10(17)16(11(18)9-13)14(12(15)19)6-4-3-5-7-14/h3-9H2,1-2H3,(H2,15,19). The van der Waals surface area contributed by atoms with Gasteiger partial charge in [-0.3, -0.25) is 14.5 Å². The molecule has 0 spiro atoms. The fourth-order valence-corrected chi connectivity index (χ4v) is 3.67. The molecule has 2 aliphatic rings. The first-order valence-corrected chi connectivity index (χ1v) is 7.35. The number of hydrogen-bond donors (Lipinski definition) is 1. The van der Waals surface area contributed by atoms with E-state index >= 15 is 0 Å². The van der Waals surface area contributed by atoms with Crippen LogP contribution in [0.5, 0.6) is 0 Å². The van der Waals surface area contributed by atoms with Gasteiger partial charge < -0.3 is 5.73 Å². The Balaban J connectivity index is 2.34. The second-order valence-corrected chi connectivity index (χ2v) is 7.04. The van der Waals surface area contributed by atoms with E-state index < -0.39 is 5.54 Å². The van der Waals surface area contributed by atoms with Crippen molar-refractivity contribution in [3.8, 4) is 0 Å². The summed E-state index contributed by atoms with van der Waals surface area (Å²) in [4.78, 5) is 26.5. The molecule has 0 aromatic carbocycles. The number of likely N-dealkylation sites (tertiary alicyclic amines) is 1. The van der Waals surface area contributed by atoms with E-state index in [0.29, 0.717) is 17.8 Å². The Morgan fingerprint density at radius 1 is 1.11 bits per heavy atom. The highest BCUT2D eigenvalue weighted by molar-refractivity contribution is 7.80. The highest BCUT2D eigenvalue weighted by Gasteiger charge is 2.50. The summed E-state index contributed by atoms with van der Waals surface area (Å²) in [6.45, 7) is 3.91. The predicted octanol–water partition coefficient (Wildman–Crippen LogP) is 2.15. The van der Waals surface area contributed by atoms with Gasteiger partial charge in [-0.25, -0.2) is 0 Å². The van der Waals surface area contributed by atoms with Crippen molar-refractivity contribution in [2.75, 3.05) is 0 Å². The van der Waals surface area contributed by atoms with Crippen LogP contribution in [0, 0.1) is 5.41 Å². The largest absolute Gasteiger partial charge is 0.391 e. The van der Waals surface area contributed by atoms with E-state index in [1.165, 1.54) is 4.90 Å². The lowest BCUT2D eigenvalue weighted by Crippen LogP contribution is -2.64. The molecule has 1 saturated heterocycles. The topological polar surface area (TPSA) is 63.4 Å². The summed E-state index contributed by atoms with van der Waals surface area (Å²) in [5.74, 6) is -0.230. The van der Waals surface area contributed by atoms with E-state index in [1.54, 1.807) is 0 Å². The molecule has 1 heterocycles. The summed E-state index contributed by atoms with van der Waals surface area (Å²) in [6, 6.07) is 0. The van der Waals surface area contributed by atoms with Crippen LogP contribution in [0.4, 0.5) is 0 Å². The number of carbonyl (C=O) groups excluding carboxylic acids is 2. The Kier molecular flexibility index (Phi) is 3.69. The molecule has 0 aromatic heterocycles. The van der Waals surface area contributed by atoms with Gasteiger partial charge in [0.15, 0.2) is 0 Å². The molecule has 0 aromatic rings. The number of imide groups is 1. The molecule has 2 N–H and O–H groups in total.